The van der Waals surface area contributed by atoms with E-state index in [0.717, 1.165) is 12.8 Å². The molecule has 0 saturated heterocycles. The SMILES string of the molecule is COCC(C)N(C)C(=O)CCC(C)(C)CCN. The van der Waals surface area contributed by atoms with E-state index in [1.807, 2.05) is 14.0 Å². The van der Waals surface area contributed by atoms with Crippen LogP contribution in [0.1, 0.15) is 40.0 Å². The van der Waals surface area contributed by atoms with Gasteiger partial charge in [-0.3, -0.25) is 4.79 Å². The lowest BCUT2D eigenvalue weighted by Gasteiger charge is -2.27. The van der Waals surface area contributed by atoms with Crippen LogP contribution in [-0.4, -0.2) is 44.2 Å². The molecule has 0 aromatic rings. The molecule has 4 heteroatoms. The Kier molecular flexibility index (Phi) is 7.39. The third-order valence-corrected chi connectivity index (χ3v) is 3.30. The first-order valence-electron chi connectivity index (χ1n) is 6.28. The molecule has 0 heterocycles. The maximum absolute atomic E-state index is 11.9. The van der Waals surface area contributed by atoms with Gasteiger partial charge in [0.1, 0.15) is 0 Å². The molecular formula is C13H28N2O2. The van der Waals surface area contributed by atoms with Crippen LogP contribution in [0.5, 0.6) is 0 Å². The molecule has 0 aliphatic heterocycles. The first kappa shape index (κ1) is 16.4. The van der Waals surface area contributed by atoms with Crippen LogP contribution in [0.2, 0.25) is 0 Å². The molecule has 0 aromatic heterocycles. The Bertz CT molecular complexity index is 229. The van der Waals surface area contributed by atoms with Crippen LogP contribution in [-0.2, 0) is 9.53 Å². The highest BCUT2D eigenvalue weighted by atomic mass is 16.5. The second-order valence-corrected chi connectivity index (χ2v) is 5.51. The zero-order valence-corrected chi connectivity index (χ0v) is 12.0. The summed E-state index contributed by atoms with van der Waals surface area (Å²) in [4.78, 5) is 13.7. The highest BCUT2D eigenvalue weighted by Crippen LogP contribution is 2.26. The fourth-order valence-corrected chi connectivity index (χ4v) is 1.74. The Labute approximate surface area is 105 Å². The summed E-state index contributed by atoms with van der Waals surface area (Å²) in [5, 5.41) is 0. The molecule has 102 valence electrons. The molecule has 2 N–H and O–H groups in total. The molecule has 0 radical (unpaired) electrons. The van der Waals surface area contributed by atoms with Gasteiger partial charge in [0.15, 0.2) is 0 Å². The molecule has 0 bridgehead atoms. The van der Waals surface area contributed by atoms with Gasteiger partial charge in [-0.1, -0.05) is 13.8 Å². The van der Waals surface area contributed by atoms with Gasteiger partial charge in [0.25, 0.3) is 0 Å². The van der Waals surface area contributed by atoms with Gasteiger partial charge in [-0.25, -0.2) is 0 Å². The van der Waals surface area contributed by atoms with E-state index < -0.39 is 0 Å². The van der Waals surface area contributed by atoms with Gasteiger partial charge >= 0.3 is 0 Å². The quantitative estimate of drug-likeness (QED) is 0.706. The summed E-state index contributed by atoms with van der Waals surface area (Å²) < 4.78 is 5.05. The van der Waals surface area contributed by atoms with Gasteiger partial charge in [-0.15, -0.1) is 0 Å². The van der Waals surface area contributed by atoms with Crippen molar-refractivity contribution in [2.45, 2.75) is 46.1 Å². The Morgan fingerprint density at radius 2 is 2.00 bits per heavy atom. The van der Waals surface area contributed by atoms with Crippen molar-refractivity contribution in [3.63, 3.8) is 0 Å². The number of carbonyl (C=O) groups is 1. The first-order valence-corrected chi connectivity index (χ1v) is 6.28. The predicted octanol–water partition coefficient (Wildman–Crippen LogP) is 1.63. The fourth-order valence-electron chi connectivity index (χ4n) is 1.74. The molecule has 17 heavy (non-hydrogen) atoms. The summed E-state index contributed by atoms with van der Waals surface area (Å²) in [6.07, 6.45) is 2.42. The molecular weight excluding hydrogens is 216 g/mol. The standard InChI is InChI=1S/C13H28N2O2/c1-11(10-17-5)15(4)12(16)6-7-13(2,3)8-9-14/h11H,6-10,14H2,1-5H3. The van der Waals surface area contributed by atoms with E-state index in [-0.39, 0.29) is 17.4 Å². The Morgan fingerprint density at radius 1 is 1.41 bits per heavy atom. The van der Waals surface area contributed by atoms with E-state index in [9.17, 15) is 4.79 Å². The number of methoxy groups -OCH3 is 1. The summed E-state index contributed by atoms with van der Waals surface area (Å²) in [5.74, 6) is 0.180. The maximum Gasteiger partial charge on any atom is 0.222 e. The summed E-state index contributed by atoms with van der Waals surface area (Å²) in [6, 6.07) is 0.130. The molecule has 0 aromatic carbocycles. The van der Waals surface area contributed by atoms with E-state index in [1.165, 1.54) is 0 Å². The van der Waals surface area contributed by atoms with Crippen LogP contribution < -0.4 is 5.73 Å². The third kappa shape index (κ3) is 6.64. The maximum atomic E-state index is 11.9. The molecule has 0 aliphatic carbocycles. The molecule has 1 amide bonds. The van der Waals surface area contributed by atoms with Crippen LogP contribution in [0.25, 0.3) is 0 Å². The smallest absolute Gasteiger partial charge is 0.222 e. The molecule has 1 atom stereocenters. The van der Waals surface area contributed by atoms with Crippen LogP contribution in [0.4, 0.5) is 0 Å². The molecule has 0 spiro atoms. The number of ether oxygens (including phenoxy) is 1. The minimum absolute atomic E-state index is 0.130. The van der Waals surface area contributed by atoms with E-state index in [0.29, 0.717) is 19.6 Å². The molecule has 0 aliphatic rings. The Balaban J connectivity index is 4.08. The number of amides is 1. The summed E-state index contributed by atoms with van der Waals surface area (Å²) in [7, 11) is 3.49. The normalized spacial score (nSPS) is 13.5. The predicted molar refractivity (Wildman–Crippen MR) is 70.8 cm³/mol. The van der Waals surface area contributed by atoms with E-state index in [2.05, 4.69) is 13.8 Å². The minimum Gasteiger partial charge on any atom is -0.383 e. The number of rotatable bonds is 8. The van der Waals surface area contributed by atoms with E-state index in [1.54, 1.807) is 12.0 Å². The number of carbonyl (C=O) groups excluding carboxylic acids is 1. The van der Waals surface area contributed by atoms with Crippen LogP contribution in [0.3, 0.4) is 0 Å². The van der Waals surface area contributed by atoms with Crippen molar-refractivity contribution in [2.24, 2.45) is 11.1 Å². The summed E-state index contributed by atoms with van der Waals surface area (Å²) >= 11 is 0. The summed E-state index contributed by atoms with van der Waals surface area (Å²) in [6.45, 7) is 7.56. The van der Waals surface area contributed by atoms with Gasteiger partial charge in [0.05, 0.1) is 12.6 Å². The Hall–Kier alpha value is -0.610. The van der Waals surface area contributed by atoms with Crippen LogP contribution >= 0.6 is 0 Å². The zero-order valence-electron chi connectivity index (χ0n) is 12.0. The van der Waals surface area contributed by atoms with E-state index in [4.69, 9.17) is 10.5 Å². The van der Waals surface area contributed by atoms with Gasteiger partial charge in [-0.05, 0) is 31.7 Å². The van der Waals surface area contributed by atoms with Crippen molar-refractivity contribution in [3.8, 4) is 0 Å². The van der Waals surface area contributed by atoms with Crippen molar-refractivity contribution >= 4 is 5.91 Å². The van der Waals surface area contributed by atoms with Crippen LogP contribution in [0, 0.1) is 5.41 Å². The molecule has 1 unspecified atom stereocenters. The number of likely N-dealkylation sites (N-methyl/N-ethyl adjacent to an activating group) is 1. The number of nitrogens with zero attached hydrogens (tertiary/aromatic N) is 1. The minimum atomic E-state index is 0.130. The van der Waals surface area contributed by atoms with Gasteiger partial charge in [0.2, 0.25) is 5.91 Å². The summed E-state index contributed by atoms with van der Waals surface area (Å²) in [5.41, 5.74) is 5.71. The largest absolute Gasteiger partial charge is 0.383 e. The average Bonchev–Trinajstić information content (AvgIpc) is 2.25. The lowest BCUT2D eigenvalue weighted by Crippen LogP contribution is -2.38. The van der Waals surface area contributed by atoms with Crippen molar-refractivity contribution in [1.82, 2.24) is 4.90 Å². The second kappa shape index (κ2) is 7.67. The van der Waals surface area contributed by atoms with Crippen molar-refractivity contribution in [1.29, 1.82) is 0 Å². The van der Waals surface area contributed by atoms with E-state index >= 15 is 0 Å². The Morgan fingerprint density at radius 3 is 2.47 bits per heavy atom. The monoisotopic (exact) mass is 244 g/mol. The lowest BCUT2D eigenvalue weighted by atomic mass is 9.84. The molecule has 4 nitrogen and oxygen atoms in total. The van der Waals surface area contributed by atoms with Crippen LogP contribution in [0.15, 0.2) is 0 Å². The fraction of sp³-hybridized carbons (Fsp3) is 0.923. The second-order valence-electron chi connectivity index (χ2n) is 5.51. The molecule has 0 fully saturated rings. The van der Waals surface area contributed by atoms with Crippen molar-refractivity contribution < 1.29 is 9.53 Å². The average molecular weight is 244 g/mol. The zero-order chi connectivity index (χ0) is 13.5. The van der Waals surface area contributed by atoms with Crippen molar-refractivity contribution in [3.05, 3.63) is 0 Å². The topological polar surface area (TPSA) is 55.6 Å². The highest BCUT2D eigenvalue weighted by Gasteiger charge is 2.21. The molecule has 0 rings (SSSR count). The van der Waals surface area contributed by atoms with Gasteiger partial charge < -0.3 is 15.4 Å². The van der Waals surface area contributed by atoms with Gasteiger partial charge in [0, 0.05) is 20.6 Å². The number of nitrogens with two attached hydrogens (primary N) is 1. The molecule has 0 saturated carbocycles. The lowest BCUT2D eigenvalue weighted by molar-refractivity contribution is -0.133. The van der Waals surface area contributed by atoms with Crippen molar-refractivity contribution in [2.75, 3.05) is 27.3 Å². The number of hydrogen-bond acceptors (Lipinski definition) is 3. The highest BCUT2D eigenvalue weighted by molar-refractivity contribution is 5.76. The number of hydrogen-bond donors (Lipinski definition) is 1. The van der Waals surface area contributed by atoms with Gasteiger partial charge in [-0.2, -0.15) is 0 Å². The first-order chi connectivity index (χ1) is 7.84. The third-order valence-electron chi connectivity index (χ3n) is 3.30.